The van der Waals surface area contributed by atoms with Gasteiger partial charge in [0.05, 0.1) is 11.2 Å². The Bertz CT molecular complexity index is 318. The lowest BCUT2D eigenvalue weighted by Crippen LogP contribution is -2.38. The second kappa shape index (κ2) is 3.31. The van der Waals surface area contributed by atoms with Crippen molar-refractivity contribution in [3.63, 3.8) is 0 Å². The Labute approximate surface area is 89.5 Å². The molecule has 0 fully saturated rings. The Morgan fingerprint density at radius 2 is 2.14 bits per heavy atom. The first-order valence-corrected chi connectivity index (χ1v) is 6.11. The molecule has 2 rings (SSSR count). The van der Waals surface area contributed by atoms with Crippen LogP contribution in [-0.2, 0) is 18.4 Å². The molecule has 1 aliphatic rings. The number of aryl methyl sites for hydroxylation is 2. The number of nitrogens with zero attached hydrogens (tertiary/aromatic N) is 1. The molecule has 14 heavy (non-hydrogen) atoms. The average molecular weight is 210 g/mol. The summed E-state index contributed by atoms with van der Waals surface area (Å²) in [7, 11) is 0. The Morgan fingerprint density at radius 3 is 2.71 bits per heavy atom. The van der Waals surface area contributed by atoms with Crippen molar-refractivity contribution in [2.75, 3.05) is 0 Å². The van der Waals surface area contributed by atoms with Gasteiger partial charge in [0.15, 0.2) is 0 Å². The van der Waals surface area contributed by atoms with E-state index in [0.717, 1.165) is 11.4 Å². The first kappa shape index (κ1) is 10.1. The molecule has 1 unspecified atom stereocenters. The van der Waals surface area contributed by atoms with Crippen LogP contribution in [0.1, 0.15) is 42.8 Å². The number of aromatic nitrogens is 1. The maximum absolute atomic E-state index is 6.29. The van der Waals surface area contributed by atoms with Gasteiger partial charge in [-0.3, -0.25) is 0 Å². The molecule has 0 saturated carbocycles. The predicted octanol–water partition coefficient (Wildman–Crippen LogP) is 2.46. The number of nitrogens with two attached hydrogens (primary N) is 1. The van der Waals surface area contributed by atoms with Crippen LogP contribution in [0.25, 0.3) is 0 Å². The van der Waals surface area contributed by atoms with E-state index in [0.29, 0.717) is 5.92 Å². The smallest absolute Gasteiger partial charge is 0.113 e. The lowest BCUT2D eigenvalue weighted by Gasteiger charge is -2.26. The van der Waals surface area contributed by atoms with Gasteiger partial charge < -0.3 is 5.73 Å². The van der Waals surface area contributed by atoms with Crippen molar-refractivity contribution >= 4 is 11.3 Å². The molecule has 1 atom stereocenters. The van der Waals surface area contributed by atoms with Gasteiger partial charge in [-0.15, -0.1) is 11.3 Å². The van der Waals surface area contributed by atoms with Gasteiger partial charge in [-0.05, 0) is 32.1 Å². The molecule has 0 radical (unpaired) electrons. The minimum absolute atomic E-state index is 0.255. The Hall–Kier alpha value is -0.410. The zero-order valence-electron chi connectivity index (χ0n) is 9.13. The third kappa shape index (κ3) is 1.48. The summed E-state index contributed by atoms with van der Waals surface area (Å²) in [6.07, 6.45) is 3.64. The van der Waals surface area contributed by atoms with Crippen molar-refractivity contribution in [1.82, 2.24) is 4.98 Å². The van der Waals surface area contributed by atoms with Crippen LogP contribution in [0.3, 0.4) is 0 Å². The van der Waals surface area contributed by atoms with E-state index in [9.17, 15) is 0 Å². The van der Waals surface area contributed by atoms with Crippen molar-refractivity contribution in [3.05, 3.63) is 15.6 Å². The van der Waals surface area contributed by atoms with Crippen LogP contribution in [-0.4, -0.2) is 4.98 Å². The molecule has 0 bridgehead atoms. The summed E-state index contributed by atoms with van der Waals surface area (Å²) in [6, 6.07) is 0. The second-order valence-electron chi connectivity index (χ2n) is 4.68. The molecule has 0 saturated heterocycles. The molecule has 1 aromatic rings. The molecule has 0 aliphatic heterocycles. The highest BCUT2D eigenvalue weighted by atomic mass is 32.1. The van der Waals surface area contributed by atoms with Crippen LogP contribution in [0.4, 0.5) is 0 Å². The van der Waals surface area contributed by atoms with Crippen LogP contribution in [0.15, 0.2) is 0 Å². The van der Waals surface area contributed by atoms with E-state index in [-0.39, 0.29) is 5.54 Å². The molecular formula is C11H18N2S. The number of hydrogen-bond donors (Lipinski definition) is 1. The predicted molar refractivity (Wildman–Crippen MR) is 60.5 cm³/mol. The van der Waals surface area contributed by atoms with E-state index >= 15 is 0 Å². The number of fused-ring (bicyclic) bond motifs is 1. The van der Waals surface area contributed by atoms with Gasteiger partial charge in [-0.2, -0.15) is 0 Å². The average Bonchev–Trinajstić information content (AvgIpc) is 2.60. The SMILES string of the molecule is CC(C)C(C)(N)c1nc2c(s1)CCC2. The third-order valence-corrected chi connectivity index (χ3v) is 4.67. The van der Waals surface area contributed by atoms with E-state index < -0.39 is 0 Å². The van der Waals surface area contributed by atoms with E-state index in [1.54, 1.807) is 0 Å². The van der Waals surface area contributed by atoms with Gasteiger partial charge in [0.25, 0.3) is 0 Å². The first-order valence-electron chi connectivity index (χ1n) is 5.29. The first-order chi connectivity index (χ1) is 6.51. The fourth-order valence-electron chi connectivity index (χ4n) is 1.67. The zero-order valence-corrected chi connectivity index (χ0v) is 9.95. The largest absolute Gasteiger partial charge is 0.319 e. The molecule has 1 aromatic heterocycles. The summed E-state index contributed by atoms with van der Waals surface area (Å²) in [5.74, 6) is 0.439. The van der Waals surface area contributed by atoms with Gasteiger partial charge in [0.1, 0.15) is 5.01 Å². The van der Waals surface area contributed by atoms with Crippen LogP contribution in [0.2, 0.25) is 0 Å². The maximum atomic E-state index is 6.29. The van der Waals surface area contributed by atoms with Gasteiger partial charge in [0, 0.05) is 4.88 Å². The molecular weight excluding hydrogens is 192 g/mol. The van der Waals surface area contributed by atoms with Crippen LogP contribution >= 0.6 is 11.3 Å². The van der Waals surface area contributed by atoms with Gasteiger partial charge in [0.2, 0.25) is 0 Å². The highest BCUT2D eigenvalue weighted by molar-refractivity contribution is 7.12. The minimum atomic E-state index is -0.255. The summed E-state index contributed by atoms with van der Waals surface area (Å²) >= 11 is 1.82. The molecule has 0 aromatic carbocycles. The third-order valence-electron chi connectivity index (χ3n) is 3.26. The monoisotopic (exact) mass is 210 g/mol. The summed E-state index contributed by atoms with van der Waals surface area (Å²) in [4.78, 5) is 6.15. The fraction of sp³-hybridized carbons (Fsp3) is 0.727. The number of thiazole rings is 1. The van der Waals surface area contributed by atoms with E-state index in [2.05, 4.69) is 25.8 Å². The molecule has 2 nitrogen and oxygen atoms in total. The normalized spacial score (nSPS) is 19.8. The summed E-state index contributed by atoms with van der Waals surface area (Å²) in [5.41, 5.74) is 7.34. The van der Waals surface area contributed by atoms with Crippen molar-refractivity contribution in [1.29, 1.82) is 0 Å². The number of rotatable bonds is 2. The van der Waals surface area contributed by atoms with Gasteiger partial charge in [-0.1, -0.05) is 13.8 Å². The summed E-state index contributed by atoms with van der Waals surface area (Å²) in [5, 5.41) is 1.12. The second-order valence-corrected chi connectivity index (χ2v) is 5.76. The molecule has 1 aliphatic carbocycles. The fourth-order valence-corrected chi connectivity index (χ4v) is 3.02. The molecule has 0 spiro atoms. The maximum Gasteiger partial charge on any atom is 0.113 e. The highest BCUT2D eigenvalue weighted by Gasteiger charge is 2.31. The van der Waals surface area contributed by atoms with Crippen LogP contribution < -0.4 is 5.73 Å². The molecule has 1 heterocycles. The van der Waals surface area contributed by atoms with E-state index in [1.165, 1.54) is 23.4 Å². The minimum Gasteiger partial charge on any atom is -0.319 e. The Morgan fingerprint density at radius 1 is 1.43 bits per heavy atom. The Kier molecular flexibility index (Phi) is 2.40. The lowest BCUT2D eigenvalue weighted by molar-refractivity contribution is 0.348. The van der Waals surface area contributed by atoms with Crippen LogP contribution in [0, 0.1) is 5.92 Å². The zero-order chi connectivity index (χ0) is 10.3. The topological polar surface area (TPSA) is 38.9 Å². The summed E-state index contributed by atoms with van der Waals surface area (Å²) < 4.78 is 0. The van der Waals surface area contributed by atoms with Crippen molar-refractivity contribution in [2.45, 2.75) is 45.6 Å². The molecule has 78 valence electrons. The lowest BCUT2D eigenvalue weighted by atomic mass is 9.90. The van der Waals surface area contributed by atoms with Gasteiger partial charge >= 0.3 is 0 Å². The van der Waals surface area contributed by atoms with Crippen LogP contribution in [0.5, 0.6) is 0 Å². The molecule has 2 N–H and O–H groups in total. The van der Waals surface area contributed by atoms with Crippen molar-refractivity contribution < 1.29 is 0 Å². The number of hydrogen-bond acceptors (Lipinski definition) is 3. The Balaban J connectivity index is 2.33. The molecule has 0 amide bonds. The quantitative estimate of drug-likeness (QED) is 0.814. The highest BCUT2D eigenvalue weighted by Crippen LogP contribution is 2.35. The van der Waals surface area contributed by atoms with Gasteiger partial charge in [-0.25, -0.2) is 4.98 Å². The van der Waals surface area contributed by atoms with E-state index in [4.69, 9.17) is 5.73 Å². The standard InChI is InChI=1S/C11H18N2S/c1-7(2)11(3,12)10-13-8-5-4-6-9(8)14-10/h7H,4-6,12H2,1-3H3. The van der Waals surface area contributed by atoms with Crippen molar-refractivity contribution in [3.8, 4) is 0 Å². The van der Waals surface area contributed by atoms with E-state index in [1.807, 2.05) is 11.3 Å². The summed E-state index contributed by atoms with van der Waals surface area (Å²) in [6.45, 7) is 6.41. The van der Waals surface area contributed by atoms with Crippen molar-refractivity contribution in [2.24, 2.45) is 11.7 Å². The molecule has 3 heteroatoms.